The van der Waals surface area contributed by atoms with Crippen molar-refractivity contribution in [2.75, 3.05) is 6.54 Å². The first-order valence-corrected chi connectivity index (χ1v) is 7.91. The summed E-state index contributed by atoms with van der Waals surface area (Å²) in [6.45, 7) is 5.36. The molecule has 2 saturated carbocycles. The van der Waals surface area contributed by atoms with Crippen molar-refractivity contribution in [1.29, 1.82) is 0 Å². The average molecular weight is 270 g/mol. The number of fused-ring (bicyclic) bond motifs is 1. The normalized spacial score (nSPS) is 32.5. The Morgan fingerprint density at radius 1 is 1.47 bits per heavy atom. The third kappa shape index (κ3) is 2.05. The topological polar surface area (TPSA) is 12.0 Å². The van der Waals surface area contributed by atoms with Crippen molar-refractivity contribution in [2.45, 2.75) is 39.2 Å². The van der Waals surface area contributed by atoms with Gasteiger partial charge in [-0.3, -0.25) is 0 Å². The van der Waals surface area contributed by atoms with E-state index in [2.05, 4.69) is 25.2 Å². The highest BCUT2D eigenvalue weighted by atomic mass is 35.5. The van der Waals surface area contributed by atoms with E-state index in [1.807, 2.05) is 0 Å². The smallest absolute Gasteiger partial charge is 0.0960 e. The van der Waals surface area contributed by atoms with Crippen LogP contribution in [0.4, 0.5) is 0 Å². The van der Waals surface area contributed by atoms with Crippen LogP contribution in [0, 0.1) is 24.7 Å². The molecule has 2 aliphatic carbocycles. The molecule has 0 aliphatic heterocycles. The zero-order valence-electron chi connectivity index (χ0n) is 10.5. The first-order valence-electron chi connectivity index (χ1n) is 6.71. The van der Waals surface area contributed by atoms with Crippen LogP contribution in [-0.4, -0.2) is 6.54 Å². The summed E-state index contributed by atoms with van der Waals surface area (Å²) in [5.41, 5.74) is 1.24. The highest BCUT2D eigenvalue weighted by Crippen LogP contribution is 2.62. The molecule has 1 N–H and O–H groups in total. The van der Waals surface area contributed by atoms with E-state index >= 15 is 0 Å². The minimum Gasteiger partial charge on any atom is -0.309 e. The molecule has 1 nitrogen and oxygen atoms in total. The number of hydrogen-bond acceptors (Lipinski definition) is 2. The van der Waals surface area contributed by atoms with E-state index in [1.165, 1.54) is 29.7 Å². The van der Waals surface area contributed by atoms with Crippen molar-refractivity contribution < 1.29 is 0 Å². The Morgan fingerprint density at radius 3 is 2.71 bits per heavy atom. The van der Waals surface area contributed by atoms with Gasteiger partial charge in [-0.1, -0.05) is 24.9 Å². The Bertz CT molecular complexity index is 385. The van der Waals surface area contributed by atoms with Crippen LogP contribution in [0.3, 0.4) is 0 Å². The van der Waals surface area contributed by atoms with Crippen LogP contribution in [0.25, 0.3) is 0 Å². The van der Waals surface area contributed by atoms with Gasteiger partial charge in [0.05, 0.1) is 4.34 Å². The molecule has 1 aromatic rings. The van der Waals surface area contributed by atoms with Gasteiger partial charge in [0.2, 0.25) is 0 Å². The van der Waals surface area contributed by atoms with Gasteiger partial charge in [-0.15, -0.1) is 11.3 Å². The van der Waals surface area contributed by atoms with E-state index in [1.54, 1.807) is 11.3 Å². The largest absolute Gasteiger partial charge is 0.309 e. The summed E-state index contributed by atoms with van der Waals surface area (Å²) in [6, 6.07) is 2.85. The Labute approximate surface area is 113 Å². The molecule has 0 aromatic carbocycles. The zero-order chi connectivity index (χ0) is 12.0. The molecule has 3 unspecified atom stereocenters. The fourth-order valence-corrected chi connectivity index (χ4v) is 5.01. The summed E-state index contributed by atoms with van der Waals surface area (Å²) in [5, 5.41) is 3.68. The van der Waals surface area contributed by atoms with E-state index in [0.717, 1.165) is 28.6 Å². The molecular weight excluding hydrogens is 250 g/mol. The van der Waals surface area contributed by atoms with E-state index in [4.69, 9.17) is 11.6 Å². The lowest BCUT2D eigenvalue weighted by Gasteiger charge is -2.18. The van der Waals surface area contributed by atoms with Crippen LogP contribution in [0.5, 0.6) is 0 Å². The van der Waals surface area contributed by atoms with Crippen LogP contribution >= 0.6 is 22.9 Å². The third-order valence-corrected chi connectivity index (χ3v) is 6.10. The van der Waals surface area contributed by atoms with E-state index in [9.17, 15) is 0 Å². The summed E-state index contributed by atoms with van der Waals surface area (Å²) < 4.78 is 0.966. The Hall–Kier alpha value is -0.0500. The minimum absolute atomic E-state index is 0.562. The fourth-order valence-electron chi connectivity index (χ4n) is 3.65. The van der Waals surface area contributed by atoms with Crippen molar-refractivity contribution in [3.05, 3.63) is 20.8 Å². The second-order valence-corrected chi connectivity index (χ2v) is 7.16. The molecule has 3 heteroatoms. The summed E-state index contributed by atoms with van der Waals surface area (Å²) in [7, 11) is 0. The number of hydrogen-bond donors (Lipinski definition) is 1. The fraction of sp³-hybridized carbons (Fsp3) is 0.714. The van der Waals surface area contributed by atoms with Crippen molar-refractivity contribution >= 4 is 22.9 Å². The predicted molar refractivity (Wildman–Crippen MR) is 74.8 cm³/mol. The van der Waals surface area contributed by atoms with Crippen molar-refractivity contribution in [3.8, 4) is 0 Å². The van der Waals surface area contributed by atoms with E-state index in [0.29, 0.717) is 6.04 Å². The maximum atomic E-state index is 6.21. The van der Waals surface area contributed by atoms with E-state index in [-0.39, 0.29) is 0 Å². The second kappa shape index (κ2) is 4.56. The standard InChI is InChI=1S/C14H20ClNS/c1-3-16-13(11-7-8(2)14(15)17-11)12-9-5-4-6-10(9)12/h7,9-10,12-13,16H,3-6H2,1-2H3. The molecule has 2 aliphatic rings. The van der Waals surface area contributed by atoms with Gasteiger partial charge >= 0.3 is 0 Å². The quantitative estimate of drug-likeness (QED) is 0.854. The number of nitrogens with one attached hydrogen (secondary N) is 1. The van der Waals surface area contributed by atoms with Crippen molar-refractivity contribution in [2.24, 2.45) is 17.8 Å². The number of aryl methyl sites for hydroxylation is 1. The third-order valence-electron chi connectivity index (χ3n) is 4.46. The number of halogens is 1. The lowest BCUT2D eigenvalue weighted by Crippen LogP contribution is -2.23. The summed E-state index contributed by atoms with van der Waals surface area (Å²) in [4.78, 5) is 1.45. The Balaban J connectivity index is 1.80. The molecular formula is C14H20ClNS. The summed E-state index contributed by atoms with van der Waals surface area (Å²) in [6.07, 6.45) is 4.36. The maximum Gasteiger partial charge on any atom is 0.0960 e. The Morgan fingerprint density at radius 2 is 2.18 bits per heavy atom. The summed E-state index contributed by atoms with van der Waals surface area (Å²) >= 11 is 7.98. The SMILES string of the molecule is CCNC(c1cc(C)c(Cl)s1)C1C2CCCC21. The maximum absolute atomic E-state index is 6.21. The molecule has 94 valence electrons. The van der Waals surface area contributed by atoms with Crippen molar-refractivity contribution in [1.82, 2.24) is 5.32 Å². The van der Waals surface area contributed by atoms with Gasteiger partial charge in [0.25, 0.3) is 0 Å². The van der Waals surface area contributed by atoms with Gasteiger partial charge in [0.15, 0.2) is 0 Å². The molecule has 1 aromatic heterocycles. The van der Waals surface area contributed by atoms with Crippen LogP contribution in [0.2, 0.25) is 4.34 Å². The van der Waals surface area contributed by atoms with Gasteiger partial charge in [0, 0.05) is 10.9 Å². The van der Waals surface area contributed by atoms with Crippen LogP contribution in [-0.2, 0) is 0 Å². The number of rotatable bonds is 4. The zero-order valence-corrected chi connectivity index (χ0v) is 12.1. The minimum atomic E-state index is 0.562. The van der Waals surface area contributed by atoms with Gasteiger partial charge in [-0.25, -0.2) is 0 Å². The molecule has 0 spiro atoms. The molecule has 17 heavy (non-hydrogen) atoms. The molecule has 2 fully saturated rings. The molecule has 3 rings (SSSR count). The predicted octanol–water partition coefficient (Wildman–Crippen LogP) is 4.41. The van der Waals surface area contributed by atoms with E-state index < -0.39 is 0 Å². The first-order chi connectivity index (χ1) is 8.22. The highest BCUT2D eigenvalue weighted by Gasteiger charge is 2.56. The lowest BCUT2D eigenvalue weighted by atomic mass is 10.0. The van der Waals surface area contributed by atoms with Crippen LogP contribution in [0.15, 0.2) is 6.07 Å². The molecule has 1 heterocycles. The molecule has 0 saturated heterocycles. The Kier molecular flexibility index (Phi) is 3.22. The lowest BCUT2D eigenvalue weighted by molar-refractivity contribution is 0.431. The van der Waals surface area contributed by atoms with Gasteiger partial charge in [-0.2, -0.15) is 0 Å². The summed E-state index contributed by atoms with van der Waals surface area (Å²) in [5.74, 6) is 2.89. The highest BCUT2D eigenvalue weighted by molar-refractivity contribution is 7.16. The van der Waals surface area contributed by atoms with Gasteiger partial charge < -0.3 is 5.32 Å². The second-order valence-electron chi connectivity index (χ2n) is 5.48. The molecule has 3 atom stereocenters. The van der Waals surface area contributed by atoms with Crippen LogP contribution in [0.1, 0.15) is 42.7 Å². The van der Waals surface area contributed by atoms with Crippen molar-refractivity contribution in [3.63, 3.8) is 0 Å². The molecule has 0 amide bonds. The van der Waals surface area contributed by atoms with Gasteiger partial charge in [0.1, 0.15) is 0 Å². The number of thiophene rings is 1. The molecule has 0 bridgehead atoms. The van der Waals surface area contributed by atoms with Crippen LogP contribution < -0.4 is 5.32 Å². The molecule has 0 radical (unpaired) electrons. The average Bonchev–Trinajstić information content (AvgIpc) is 2.66. The first kappa shape index (κ1) is 12.0. The monoisotopic (exact) mass is 269 g/mol. The van der Waals surface area contributed by atoms with Gasteiger partial charge in [-0.05, 0) is 55.7 Å².